The maximum Gasteiger partial charge on any atom is 0.244 e. The van der Waals surface area contributed by atoms with E-state index in [0.717, 1.165) is 4.88 Å². The molecule has 3 aromatic heterocycles. The summed E-state index contributed by atoms with van der Waals surface area (Å²) in [6, 6.07) is 5.50. The van der Waals surface area contributed by atoms with E-state index >= 15 is 0 Å². The van der Waals surface area contributed by atoms with Crippen molar-refractivity contribution >= 4 is 38.6 Å². The van der Waals surface area contributed by atoms with E-state index in [9.17, 15) is 13.2 Å². The van der Waals surface area contributed by atoms with Crippen molar-refractivity contribution in [1.29, 1.82) is 0 Å². The predicted octanol–water partition coefficient (Wildman–Crippen LogP) is 3.19. The van der Waals surface area contributed by atoms with Crippen LogP contribution < -0.4 is 5.32 Å². The molecular weight excluding hydrogens is 444 g/mol. The lowest BCUT2D eigenvalue weighted by atomic mass is 9.99. The van der Waals surface area contributed by atoms with Crippen molar-refractivity contribution < 1.29 is 17.7 Å². The van der Waals surface area contributed by atoms with Crippen LogP contribution in [0.3, 0.4) is 0 Å². The van der Waals surface area contributed by atoms with Gasteiger partial charge in [-0.15, -0.1) is 22.7 Å². The van der Waals surface area contributed by atoms with Crippen LogP contribution in [0.5, 0.6) is 0 Å². The van der Waals surface area contributed by atoms with Crippen LogP contribution >= 0.6 is 22.7 Å². The highest BCUT2D eigenvalue weighted by Crippen LogP contribution is 2.34. The Kier molecular flexibility index (Phi) is 6.05. The zero-order valence-electron chi connectivity index (χ0n) is 16.6. The predicted molar refractivity (Wildman–Crippen MR) is 115 cm³/mol. The number of carbonyl (C=O) groups excluding carboxylic acids is 1. The number of aromatic nitrogens is 2. The molecular formula is C19H22N4O4S3. The Balaban J connectivity index is 1.48. The lowest BCUT2D eigenvalue weighted by molar-refractivity contribution is -0.126. The molecule has 1 fully saturated rings. The minimum Gasteiger partial charge on any atom is -0.351 e. The molecule has 160 valence electrons. The molecule has 1 aliphatic rings. The minimum atomic E-state index is -3.72. The number of hydrogen-bond acceptors (Lipinski definition) is 8. The first-order valence-corrected chi connectivity index (χ1v) is 12.7. The Hall–Kier alpha value is -2.08. The van der Waals surface area contributed by atoms with E-state index in [0.29, 0.717) is 47.4 Å². The second-order valence-corrected chi connectivity index (χ2v) is 11.4. The number of piperidine rings is 1. The summed E-state index contributed by atoms with van der Waals surface area (Å²) in [6.07, 6.45) is 1.33. The van der Waals surface area contributed by atoms with Gasteiger partial charge in [-0.1, -0.05) is 11.2 Å². The SMILES string of the molecule is Cc1nc(-c2cc(S(=O)(=O)N3CCC[C@H](C(=O)NCc4cccs4)C3)c(C)s2)no1. The summed E-state index contributed by atoms with van der Waals surface area (Å²) in [5.74, 6) is 0.347. The summed E-state index contributed by atoms with van der Waals surface area (Å²) in [4.78, 5) is 19.4. The smallest absolute Gasteiger partial charge is 0.244 e. The molecule has 1 aliphatic heterocycles. The first-order valence-electron chi connectivity index (χ1n) is 9.56. The van der Waals surface area contributed by atoms with E-state index in [1.807, 2.05) is 17.5 Å². The average Bonchev–Trinajstić information content (AvgIpc) is 3.47. The Morgan fingerprint density at radius 1 is 1.40 bits per heavy atom. The molecule has 11 heteroatoms. The molecule has 0 aliphatic carbocycles. The maximum absolute atomic E-state index is 13.3. The van der Waals surface area contributed by atoms with Crippen LogP contribution in [-0.4, -0.2) is 41.9 Å². The molecule has 3 aromatic rings. The van der Waals surface area contributed by atoms with Crippen molar-refractivity contribution in [2.24, 2.45) is 5.92 Å². The van der Waals surface area contributed by atoms with E-state index in [4.69, 9.17) is 4.52 Å². The number of amides is 1. The lowest BCUT2D eigenvalue weighted by Gasteiger charge is -2.31. The second-order valence-electron chi connectivity index (χ2n) is 7.17. The van der Waals surface area contributed by atoms with Gasteiger partial charge in [-0.05, 0) is 37.3 Å². The average molecular weight is 467 g/mol. The fourth-order valence-electron chi connectivity index (χ4n) is 3.48. The molecule has 0 saturated carbocycles. The minimum absolute atomic E-state index is 0.103. The third-order valence-electron chi connectivity index (χ3n) is 5.01. The van der Waals surface area contributed by atoms with Crippen molar-refractivity contribution in [3.8, 4) is 10.7 Å². The monoisotopic (exact) mass is 466 g/mol. The van der Waals surface area contributed by atoms with Crippen molar-refractivity contribution in [2.75, 3.05) is 13.1 Å². The first-order chi connectivity index (χ1) is 14.3. The molecule has 1 atom stereocenters. The first kappa shape index (κ1) is 21.2. The summed E-state index contributed by atoms with van der Waals surface area (Å²) < 4.78 is 33.0. The van der Waals surface area contributed by atoms with Crippen LogP contribution in [0.15, 0.2) is 33.0 Å². The number of sulfonamides is 1. The van der Waals surface area contributed by atoms with E-state index in [1.165, 1.54) is 15.6 Å². The second kappa shape index (κ2) is 8.58. The van der Waals surface area contributed by atoms with Gasteiger partial charge in [0.1, 0.15) is 0 Å². The number of hydrogen-bond donors (Lipinski definition) is 1. The third-order valence-corrected chi connectivity index (χ3v) is 9.05. The summed E-state index contributed by atoms with van der Waals surface area (Å²) in [7, 11) is -3.72. The number of thiophene rings is 2. The van der Waals surface area contributed by atoms with Gasteiger partial charge in [0, 0.05) is 29.8 Å². The molecule has 8 nitrogen and oxygen atoms in total. The molecule has 1 saturated heterocycles. The molecule has 4 rings (SSSR count). The quantitative estimate of drug-likeness (QED) is 0.598. The van der Waals surface area contributed by atoms with E-state index in [1.54, 1.807) is 31.3 Å². The van der Waals surface area contributed by atoms with Crippen LogP contribution in [0.4, 0.5) is 0 Å². The number of carbonyl (C=O) groups is 1. The molecule has 30 heavy (non-hydrogen) atoms. The van der Waals surface area contributed by atoms with Gasteiger partial charge in [0.05, 0.1) is 22.2 Å². The highest BCUT2D eigenvalue weighted by molar-refractivity contribution is 7.89. The molecule has 4 heterocycles. The molecule has 0 radical (unpaired) electrons. The lowest BCUT2D eigenvalue weighted by Crippen LogP contribution is -2.45. The Morgan fingerprint density at radius 3 is 2.93 bits per heavy atom. The molecule has 0 aromatic carbocycles. The molecule has 0 bridgehead atoms. The fraction of sp³-hybridized carbons (Fsp3) is 0.421. The number of aryl methyl sites for hydroxylation is 2. The topological polar surface area (TPSA) is 105 Å². The van der Waals surface area contributed by atoms with Crippen LogP contribution in [0.1, 0.15) is 28.5 Å². The maximum atomic E-state index is 13.3. The van der Waals surface area contributed by atoms with Crippen LogP contribution in [0, 0.1) is 19.8 Å². The van der Waals surface area contributed by atoms with Crippen molar-refractivity contribution in [2.45, 2.75) is 38.1 Å². The van der Waals surface area contributed by atoms with Crippen LogP contribution in [-0.2, 0) is 21.4 Å². The van der Waals surface area contributed by atoms with Crippen molar-refractivity contribution in [1.82, 2.24) is 19.8 Å². The van der Waals surface area contributed by atoms with E-state index < -0.39 is 10.0 Å². The third kappa shape index (κ3) is 4.34. The van der Waals surface area contributed by atoms with Gasteiger partial charge in [-0.25, -0.2) is 8.42 Å². The highest BCUT2D eigenvalue weighted by atomic mass is 32.2. The molecule has 0 unspecified atom stereocenters. The van der Waals surface area contributed by atoms with Gasteiger partial charge in [0.2, 0.25) is 27.6 Å². The van der Waals surface area contributed by atoms with Crippen molar-refractivity contribution in [3.63, 3.8) is 0 Å². The Morgan fingerprint density at radius 2 is 2.23 bits per heavy atom. The van der Waals surface area contributed by atoms with Gasteiger partial charge >= 0.3 is 0 Å². The number of rotatable bonds is 6. The Bertz CT molecular complexity index is 1130. The summed E-state index contributed by atoms with van der Waals surface area (Å²) in [5, 5.41) is 8.77. The van der Waals surface area contributed by atoms with Gasteiger partial charge in [0.25, 0.3) is 0 Å². The zero-order valence-corrected chi connectivity index (χ0v) is 19.1. The largest absolute Gasteiger partial charge is 0.351 e. The van der Waals surface area contributed by atoms with Gasteiger partial charge in [-0.2, -0.15) is 9.29 Å². The molecule has 1 N–H and O–H groups in total. The van der Waals surface area contributed by atoms with Crippen LogP contribution in [0.2, 0.25) is 0 Å². The fourth-order valence-corrected chi connectivity index (χ4v) is 7.13. The normalized spacial score (nSPS) is 17.9. The molecule has 0 spiro atoms. The van der Waals surface area contributed by atoms with Gasteiger partial charge < -0.3 is 9.84 Å². The van der Waals surface area contributed by atoms with E-state index in [-0.39, 0.29) is 23.3 Å². The summed E-state index contributed by atoms with van der Waals surface area (Å²) >= 11 is 2.90. The highest BCUT2D eigenvalue weighted by Gasteiger charge is 2.35. The van der Waals surface area contributed by atoms with Crippen molar-refractivity contribution in [3.05, 3.63) is 39.2 Å². The van der Waals surface area contributed by atoms with Crippen LogP contribution in [0.25, 0.3) is 10.7 Å². The molecule has 1 amide bonds. The van der Waals surface area contributed by atoms with Gasteiger partial charge in [0.15, 0.2) is 0 Å². The number of nitrogens with zero attached hydrogens (tertiary/aromatic N) is 3. The summed E-state index contributed by atoms with van der Waals surface area (Å²) in [5.41, 5.74) is 0. The number of nitrogens with one attached hydrogen (secondary N) is 1. The Labute approximate surface area is 183 Å². The zero-order chi connectivity index (χ0) is 21.3. The van der Waals surface area contributed by atoms with E-state index in [2.05, 4.69) is 15.5 Å². The summed E-state index contributed by atoms with van der Waals surface area (Å²) in [6.45, 7) is 4.51. The standard InChI is InChI=1S/C19H22N4O4S3/c1-12-17(9-16(29-12)18-21-13(2)27-22-18)30(25,26)23-7-3-5-14(11-23)19(24)20-10-15-6-4-8-28-15/h4,6,8-9,14H,3,5,7,10-11H2,1-2H3,(H,20,24)/t14-/m0/s1. The van der Waals surface area contributed by atoms with Gasteiger partial charge in [-0.3, -0.25) is 4.79 Å².